The number of fused-ring (bicyclic) bond motifs is 1. The van der Waals surface area contributed by atoms with Gasteiger partial charge in [0.1, 0.15) is 17.3 Å². The molecule has 0 aliphatic carbocycles. The molecule has 3 heterocycles. The molecular weight excluding hydrogens is 495 g/mol. The van der Waals surface area contributed by atoms with Gasteiger partial charge in [-0.15, -0.1) is 0 Å². The van der Waals surface area contributed by atoms with Gasteiger partial charge in [-0.2, -0.15) is 0 Å². The Kier molecular flexibility index (Phi) is 7.49. The third-order valence-corrected chi connectivity index (χ3v) is 6.52. The second-order valence-corrected chi connectivity index (χ2v) is 8.64. The van der Waals surface area contributed by atoms with Crippen LogP contribution >= 0.6 is 23.2 Å². The fraction of sp³-hybridized carbons (Fsp3) is 0.292. The number of aromatic nitrogens is 2. The Bertz CT molecular complexity index is 1320. The molecule has 9 nitrogen and oxygen atoms in total. The summed E-state index contributed by atoms with van der Waals surface area (Å²) in [6, 6.07) is 4.56. The molecule has 3 N–H and O–H groups in total. The number of benzene rings is 1. The molecule has 4 rings (SSSR count). The molecule has 0 spiro atoms. The van der Waals surface area contributed by atoms with Crippen LogP contribution in [0, 0.1) is 0 Å². The molecule has 35 heavy (non-hydrogen) atoms. The molecule has 1 amide bonds. The fourth-order valence-corrected chi connectivity index (χ4v) is 4.68. The molecule has 0 bridgehead atoms. The molecule has 2 atom stereocenters. The van der Waals surface area contributed by atoms with E-state index in [0.29, 0.717) is 59.0 Å². The lowest BCUT2D eigenvalue weighted by molar-refractivity contribution is -0.117. The summed E-state index contributed by atoms with van der Waals surface area (Å²) in [5.41, 5.74) is 0.421. The molecule has 0 saturated carbocycles. The van der Waals surface area contributed by atoms with Crippen molar-refractivity contribution < 1.29 is 19.0 Å². The molecule has 184 valence electrons. The van der Waals surface area contributed by atoms with Gasteiger partial charge in [0, 0.05) is 29.8 Å². The number of halogens is 2. The Morgan fingerprint density at radius 1 is 1.20 bits per heavy atom. The van der Waals surface area contributed by atoms with Crippen LogP contribution in [0.1, 0.15) is 6.42 Å². The van der Waals surface area contributed by atoms with E-state index in [1.807, 2.05) is 0 Å². The predicted octanol–water partition coefficient (Wildman–Crippen LogP) is 3.79. The standard InChI is InChI=1S/C24H24Cl2N4O5/c1-4-20(31)29-14-5-6-35-11-16(14)28-19-8-13-12(10-27-19)7-15(30-24(13)32)21-22(25)17(33-2)9-18(34-3)23(21)26/h4,7-10,14,16H,1,5-6,11H2,2-3H3,(H,27,28)(H,29,31)(H,30,32)/t14-,16+/m0/s1. The van der Waals surface area contributed by atoms with Crippen LogP contribution in [0.5, 0.6) is 11.5 Å². The van der Waals surface area contributed by atoms with Crippen molar-refractivity contribution in [1.82, 2.24) is 15.3 Å². The Morgan fingerprint density at radius 2 is 1.91 bits per heavy atom. The van der Waals surface area contributed by atoms with Crippen LogP contribution in [-0.2, 0) is 9.53 Å². The number of methoxy groups -OCH3 is 2. The lowest BCUT2D eigenvalue weighted by atomic mass is 10.0. The minimum atomic E-state index is -0.353. The number of aromatic amines is 1. The molecular formula is C24H24Cl2N4O5. The zero-order valence-electron chi connectivity index (χ0n) is 19.1. The first-order chi connectivity index (χ1) is 16.9. The number of carbonyl (C=O) groups excluding carboxylic acids is 1. The highest BCUT2D eigenvalue weighted by molar-refractivity contribution is 6.41. The van der Waals surface area contributed by atoms with E-state index in [-0.39, 0.29) is 33.6 Å². The molecule has 1 saturated heterocycles. The van der Waals surface area contributed by atoms with Crippen LogP contribution in [0.15, 0.2) is 41.8 Å². The van der Waals surface area contributed by atoms with Gasteiger partial charge in [0.25, 0.3) is 5.56 Å². The highest BCUT2D eigenvalue weighted by Gasteiger charge is 2.27. The minimum absolute atomic E-state index is 0.167. The number of ether oxygens (including phenoxy) is 3. The van der Waals surface area contributed by atoms with E-state index < -0.39 is 0 Å². The third kappa shape index (κ3) is 5.07. The molecule has 1 aliphatic rings. The summed E-state index contributed by atoms with van der Waals surface area (Å²) in [4.78, 5) is 32.1. The van der Waals surface area contributed by atoms with Crippen LogP contribution in [-0.4, -0.2) is 55.4 Å². The molecule has 1 fully saturated rings. The maximum atomic E-state index is 13.0. The largest absolute Gasteiger partial charge is 0.495 e. The van der Waals surface area contributed by atoms with E-state index in [1.54, 1.807) is 24.4 Å². The molecule has 0 radical (unpaired) electrons. The first kappa shape index (κ1) is 24.8. The molecule has 11 heteroatoms. The normalized spacial score (nSPS) is 17.6. The second-order valence-electron chi connectivity index (χ2n) is 7.89. The van der Waals surface area contributed by atoms with E-state index in [2.05, 4.69) is 27.2 Å². The number of anilines is 1. The number of H-pyrrole nitrogens is 1. The average molecular weight is 519 g/mol. The number of amides is 1. The van der Waals surface area contributed by atoms with Gasteiger partial charge in [-0.3, -0.25) is 9.59 Å². The van der Waals surface area contributed by atoms with Crippen LogP contribution in [0.3, 0.4) is 0 Å². The van der Waals surface area contributed by atoms with E-state index in [1.165, 1.54) is 20.3 Å². The minimum Gasteiger partial charge on any atom is -0.495 e. The Labute approximate surface area is 211 Å². The first-order valence-electron chi connectivity index (χ1n) is 10.8. The van der Waals surface area contributed by atoms with E-state index in [0.717, 1.165) is 0 Å². The van der Waals surface area contributed by atoms with E-state index in [4.69, 9.17) is 37.4 Å². The summed E-state index contributed by atoms with van der Waals surface area (Å²) in [7, 11) is 2.95. The van der Waals surface area contributed by atoms with Crippen molar-refractivity contribution in [3.8, 4) is 22.8 Å². The van der Waals surface area contributed by atoms with Gasteiger partial charge in [0.05, 0.1) is 54.0 Å². The summed E-state index contributed by atoms with van der Waals surface area (Å²) in [6.07, 6.45) is 3.45. The molecule has 3 aromatic rings. The SMILES string of the molecule is C=CC(=O)N[C@H]1CCOC[C@H]1Nc1cc2c(=O)[nH]c(-c3c(Cl)c(OC)cc(OC)c3Cl)cc2cn1. The monoisotopic (exact) mass is 518 g/mol. The highest BCUT2D eigenvalue weighted by Crippen LogP contribution is 2.45. The maximum absolute atomic E-state index is 13.0. The van der Waals surface area contributed by atoms with Crippen LogP contribution in [0.2, 0.25) is 10.0 Å². The van der Waals surface area contributed by atoms with Crippen molar-refractivity contribution in [1.29, 1.82) is 0 Å². The first-order valence-corrected chi connectivity index (χ1v) is 11.5. The predicted molar refractivity (Wildman–Crippen MR) is 136 cm³/mol. The summed E-state index contributed by atoms with van der Waals surface area (Å²) in [5, 5.41) is 7.64. The van der Waals surface area contributed by atoms with Gasteiger partial charge in [-0.05, 0) is 24.6 Å². The van der Waals surface area contributed by atoms with Crippen molar-refractivity contribution in [3.63, 3.8) is 0 Å². The summed E-state index contributed by atoms with van der Waals surface area (Å²) < 4.78 is 16.2. The quantitative estimate of drug-likeness (QED) is 0.407. The lowest BCUT2D eigenvalue weighted by Gasteiger charge is -2.32. The van der Waals surface area contributed by atoms with Crippen molar-refractivity contribution in [2.75, 3.05) is 32.8 Å². The average Bonchev–Trinajstić information content (AvgIpc) is 2.86. The number of rotatable bonds is 7. The van der Waals surface area contributed by atoms with Gasteiger partial charge < -0.3 is 29.8 Å². The van der Waals surface area contributed by atoms with Gasteiger partial charge in [-0.1, -0.05) is 29.8 Å². The number of carbonyl (C=O) groups is 1. The van der Waals surface area contributed by atoms with Crippen molar-refractivity contribution in [3.05, 3.63) is 57.4 Å². The van der Waals surface area contributed by atoms with Gasteiger partial charge in [0.2, 0.25) is 5.91 Å². The van der Waals surface area contributed by atoms with Gasteiger partial charge in [0.15, 0.2) is 0 Å². The molecule has 1 aromatic carbocycles. The summed E-state index contributed by atoms with van der Waals surface area (Å²) in [6.45, 7) is 4.41. The molecule has 1 aliphatic heterocycles. The number of hydrogen-bond acceptors (Lipinski definition) is 7. The van der Waals surface area contributed by atoms with Crippen LogP contribution in [0.4, 0.5) is 5.82 Å². The number of pyridine rings is 2. The zero-order valence-corrected chi connectivity index (χ0v) is 20.6. The topological polar surface area (TPSA) is 115 Å². The van der Waals surface area contributed by atoms with E-state index in [9.17, 15) is 9.59 Å². The summed E-state index contributed by atoms with van der Waals surface area (Å²) in [5.74, 6) is 0.928. The van der Waals surface area contributed by atoms with Crippen LogP contribution in [0.25, 0.3) is 22.0 Å². The second kappa shape index (κ2) is 10.6. The number of nitrogens with zero attached hydrogens (tertiary/aromatic N) is 1. The number of nitrogens with one attached hydrogen (secondary N) is 3. The fourth-order valence-electron chi connectivity index (χ4n) is 3.98. The van der Waals surface area contributed by atoms with Crippen molar-refractivity contribution in [2.24, 2.45) is 0 Å². The maximum Gasteiger partial charge on any atom is 0.256 e. The third-order valence-electron chi connectivity index (χ3n) is 5.77. The van der Waals surface area contributed by atoms with Crippen molar-refractivity contribution >= 4 is 45.7 Å². The highest BCUT2D eigenvalue weighted by atomic mass is 35.5. The summed E-state index contributed by atoms with van der Waals surface area (Å²) >= 11 is 13.0. The Hall–Kier alpha value is -3.27. The zero-order chi connectivity index (χ0) is 25.1. The van der Waals surface area contributed by atoms with Gasteiger partial charge >= 0.3 is 0 Å². The van der Waals surface area contributed by atoms with Crippen LogP contribution < -0.4 is 25.7 Å². The number of hydrogen-bond donors (Lipinski definition) is 3. The van der Waals surface area contributed by atoms with E-state index >= 15 is 0 Å². The Morgan fingerprint density at radius 3 is 2.57 bits per heavy atom. The van der Waals surface area contributed by atoms with Crippen molar-refractivity contribution in [2.45, 2.75) is 18.5 Å². The Balaban J connectivity index is 1.69. The molecule has 2 aromatic heterocycles. The van der Waals surface area contributed by atoms with Gasteiger partial charge in [-0.25, -0.2) is 4.98 Å². The molecule has 0 unspecified atom stereocenters. The lowest BCUT2D eigenvalue weighted by Crippen LogP contribution is -2.52. The smallest absolute Gasteiger partial charge is 0.256 e.